The Bertz CT molecular complexity index is 1590. The van der Waals surface area contributed by atoms with E-state index in [9.17, 15) is 32.3 Å². The molecule has 0 spiro atoms. The number of pyridine rings is 1. The summed E-state index contributed by atoms with van der Waals surface area (Å²) in [5.41, 5.74) is -3.48. The Kier molecular flexibility index (Phi) is 9.65. The largest absolute Gasteiger partial charge is 0.453 e. The number of nitrogens with one attached hydrogen (secondary N) is 2. The molecule has 3 aromatic heterocycles. The van der Waals surface area contributed by atoms with Crippen LogP contribution >= 0.6 is 0 Å². The van der Waals surface area contributed by atoms with Gasteiger partial charge < -0.3 is 14.5 Å². The minimum atomic E-state index is -4.56. The number of carbonyl (C=O) groups excluding carboxylic acids is 3. The number of aromatic nitrogens is 5. The highest BCUT2D eigenvalue weighted by Crippen LogP contribution is 2.33. The number of hydrogen-bond acceptors (Lipinski definition) is 10. The highest BCUT2D eigenvalue weighted by Gasteiger charge is 2.37. The van der Waals surface area contributed by atoms with Crippen molar-refractivity contribution in [2.75, 3.05) is 12.4 Å². The third-order valence-electron chi connectivity index (χ3n) is 6.61. The van der Waals surface area contributed by atoms with Crippen LogP contribution in [0.4, 0.5) is 23.7 Å². The Morgan fingerprint density at radius 1 is 1.02 bits per heavy atom. The topological polar surface area (TPSA) is 171 Å². The minimum absolute atomic E-state index is 0.0793. The van der Waals surface area contributed by atoms with Crippen molar-refractivity contribution in [3.05, 3.63) is 63.7 Å². The van der Waals surface area contributed by atoms with Crippen LogP contribution in [-0.4, -0.2) is 55.7 Å². The van der Waals surface area contributed by atoms with Crippen molar-refractivity contribution in [2.24, 2.45) is 5.92 Å². The normalized spacial score (nSPS) is 13.0. The van der Waals surface area contributed by atoms with Crippen LogP contribution in [0.2, 0.25) is 0 Å². The number of alkyl halides is 3. The maximum atomic E-state index is 13.4. The highest BCUT2D eigenvalue weighted by molar-refractivity contribution is 5.98. The van der Waals surface area contributed by atoms with Gasteiger partial charge >= 0.3 is 12.3 Å². The van der Waals surface area contributed by atoms with Crippen LogP contribution < -0.4 is 16.2 Å². The summed E-state index contributed by atoms with van der Waals surface area (Å²) in [6, 6.07) is 0.912. The van der Waals surface area contributed by atoms with Crippen molar-refractivity contribution in [3.8, 4) is 0 Å². The van der Waals surface area contributed by atoms with E-state index in [2.05, 4.69) is 35.5 Å². The first-order valence-corrected chi connectivity index (χ1v) is 13.4. The van der Waals surface area contributed by atoms with Crippen LogP contribution in [0.25, 0.3) is 0 Å². The molecule has 0 fully saturated rings. The third kappa shape index (κ3) is 7.47. The molecule has 44 heavy (non-hydrogen) atoms. The smallest absolute Gasteiger partial charge is 0.417 e. The number of ether oxygens (including phenoxy) is 1. The third-order valence-corrected chi connectivity index (χ3v) is 6.61. The molecule has 13 nitrogen and oxygen atoms in total. The lowest BCUT2D eigenvalue weighted by Crippen LogP contribution is -2.47. The lowest BCUT2D eigenvalue weighted by molar-refractivity contribution is -0.137. The van der Waals surface area contributed by atoms with E-state index in [1.807, 2.05) is 0 Å². The van der Waals surface area contributed by atoms with E-state index in [0.29, 0.717) is 6.20 Å². The summed E-state index contributed by atoms with van der Waals surface area (Å²) < 4.78 is 50.2. The van der Waals surface area contributed by atoms with Crippen LogP contribution in [0.1, 0.15) is 82.1 Å². The van der Waals surface area contributed by atoms with Gasteiger partial charge in [-0.05, 0) is 31.9 Å². The molecule has 0 aliphatic carbocycles. The number of amides is 2. The van der Waals surface area contributed by atoms with Gasteiger partial charge in [0.05, 0.1) is 36.0 Å². The molecule has 0 saturated carbocycles. The molecule has 0 radical (unpaired) electrons. The maximum Gasteiger partial charge on any atom is 0.417 e. The summed E-state index contributed by atoms with van der Waals surface area (Å²) in [4.78, 5) is 59.7. The molecule has 1 unspecified atom stereocenters. The lowest BCUT2D eigenvalue weighted by Gasteiger charge is -2.24. The summed E-state index contributed by atoms with van der Waals surface area (Å²) >= 11 is 0. The van der Waals surface area contributed by atoms with E-state index in [1.165, 1.54) is 12.3 Å². The molecular weight excluding hydrogens is 587 g/mol. The van der Waals surface area contributed by atoms with Crippen LogP contribution in [0.3, 0.4) is 0 Å². The van der Waals surface area contributed by atoms with E-state index in [4.69, 9.17) is 4.42 Å². The number of rotatable bonds is 9. The molecule has 3 rings (SSSR count). The molecule has 0 aliphatic heterocycles. The number of hydrogen-bond donors (Lipinski definition) is 2. The second kappa shape index (κ2) is 12.5. The first-order valence-electron chi connectivity index (χ1n) is 13.4. The van der Waals surface area contributed by atoms with Gasteiger partial charge in [-0.3, -0.25) is 29.3 Å². The number of nitrogens with zero attached hydrogens (tertiary/aromatic N) is 5. The summed E-state index contributed by atoms with van der Waals surface area (Å²) in [6.07, 6.45) is -3.59. The van der Waals surface area contributed by atoms with Crippen molar-refractivity contribution < 1.29 is 36.7 Å². The van der Waals surface area contributed by atoms with Gasteiger partial charge in [0.25, 0.3) is 11.4 Å². The summed E-state index contributed by atoms with van der Waals surface area (Å²) in [5, 5.41) is 12.6. The number of methoxy groups -OCH3 is 1. The first kappa shape index (κ1) is 33.9. The van der Waals surface area contributed by atoms with Crippen LogP contribution in [0, 0.1) is 5.92 Å². The van der Waals surface area contributed by atoms with Gasteiger partial charge in [-0.2, -0.15) is 13.2 Å². The number of Topliss-reactive ketones (excluding diaryl/α,β-unsaturated/α-hetero) is 1. The zero-order chi connectivity index (χ0) is 33.2. The average molecular weight is 622 g/mol. The number of anilines is 1. The van der Waals surface area contributed by atoms with E-state index < -0.39 is 70.3 Å². The standard InChI is InChI=1S/C28H34F3N7O6/c1-14(2)19(35-18(39)13-38-22(41)16(34-25(42)43-8)12-33-23(38)26(3,4)5)20(40)21-36-37-24(44-21)27(6,7)17-10-9-15(11-32-17)28(29,30)31/h9-12,14,19H,13H2,1-8H3,(H,34,42)(H,35,39). The van der Waals surface area contributed by atoms with E-state index in [0.717, 1.165) is 17.7 Å². The molecule has 3 heterocycles. The minimum Gasteiger partial charge on any atom is -0.453 e. The van der Waals surface area contributed by atoms with Crippen molar-refractivity contribution in [2.45, 2.75) is 78.1 Å². The van der Waals surface area contributed by atoms with Gasteiger partial charge in [-0.1, -0.05) is 34.6 Å². The molecular formula is C28H34F3N7O6. The Labute approximate surface area is 250 Å². The molecule has 0 saturated heterocycles. The van der Waals surface area contributed by atoms with E-state index in [-0.39, 0.29) is 23.1 Å². The fourth-order valence-electron chi connectivity index (χ4n) is 4.13. The van der Waals surface area contributed by atoms with Gasteiger partial charge in [0, 0.05) is 11.6 Å². The van der Waals surface area contributed by atoms with Crippen LogP contribution in [0.15, 0.2) is 33.7 Å². The molecule has 0 aliphatic rings. The van der Waals surface area contributed by atoms with Gasteiger partial charge in [-0.15, -0.1) is 10.2 Å². The van der Waals surface area contributed by atoms with Crippen molar-refractivity contribution in [1.82, 2.24) is 30.0 Å². The quantitative estimate of drug-likeness (QED) is 0.334. The number of ketones is 1. The Morgan fingerprint density at radius 2 is 1.68 bits per heavy atom. The lowest BCUT2D eigenvalue weighted by atomic mass is 9.88. The predicted octanol–water partition coefficient (Wildman–Crippen LogP) is 3.87. The number of halogens is 3. The van der Waals surface area contributed by atoms with Gasteiger partial charge in [0.15, 0.2) is 0 Å². The van der Waals surface area contributed by atoms with Crippen LogP contribution in [0.5, 0.6) is 0 Å². The fourth-order valence-corrected chi connectivity index (χ4v) is 4.13. The SMILES string of the molecule is COC(=O)Nc1cnc(C(C)(C)C)n(CC(=O)NC(C(=O)c2nnc(C(C)(C)c3ccc(C(F)(F)F)cn3)o2)C(C)C)c1=O. The molecule has 2 amide bonds. The first-order chi connectivity index (χ1) is 20.3. The van der Waals surface area contributed by atoms with Crippen molar-refractivity contribution in [3.63, 3.8) is 0 Å². The summed E-state index contributed by atoms with van der Waals surface area (Å²) in [5.74, 6) is -2.15. The van der Waals surface area contributed by atoms with Crippen molar-refractivity contribution >= 4 is 23.5 Å². The molecule has 2 N–H and O–H groups in total. The monoisotopic (exact) mass is 621 g/mol. The van der Waals surface area contributed by atoms with Crippen molar-refractivity contribution in [1.29, 1.82) is 0 Å². The van der Waals surface area contributed by atoms with Crippen LogP contribution in [-0.2, 0) is 33.1 Å². The van der Waals surface area contributed by atoms with Gasteiger partial charge in [-0.25, -0.2) is 9.78 Å². The predicted molar refractivity (Wildman–Crippen MR) is 150 cm³/mol. The molecule has 0 aromatic carbocycles. The Morgan fingerprint density at radius 3 is 2.20 bits per heavy atom. The molecule has 238 valence electrons. The zero-order valence-corrected chi connectivity index (χ0v) is 25.5. The fraction of sp³-hybridized carbons (Fsp3) is 0.500. The second-order valence-corrected chi connectivity index (χ2v) is 11.9. The number of carbonyl (C=O) groups is 3. The Hall–Kier alpha value is -4.63. The zero-order valence-electron chi connectivity index (χ0n) is 25.5. The van der Waals surface area contributed by atoms with E-state index >= 15 is 0 Å². The molecule has 3 aromatic rings. The molecule has 16 heteroatoms. The second-order valence-electron chi connectivity index (χ2n) is 11.9. The highest BCUT2D eigenvalue weighted by atomic mass is 19.4. The van der Waals surface area contributed by atoms with Gasteiger partial charge in [0.1, 0.15) is 18.1 Å². The van der Waals surface area contributed by atoms with Gasteiger partial charge in [0.2, 0.25) is 17.6 Å². The van der Waals surface area contributed by atoms with E-state index in [1.54, 1.807) is 48.5 Å². The molecule has 0 bridgehead atoms. The molecule has 1 atom stereocenters. The summed E-state index contributed by atoms with van der Waals surface area (Å²) in [7, 11) is 1.13. The maximum absolute atomic E-state index is 13.4. The average Bonchev–Trinajstić information content (AvgIpc) is 3.43. The summed E-state index contributed by atoms with van der Waals surface area (Å²) in [6.45, 7) is 11.3. The Balaban J connectivity index is 1.86.